The number of carbonyl (C=O) groups is 1. The van der Waals surface area contributed by atoms with Gasteiger partial charge in [0.25, 0.3) is 5.91 Å². The molecule has 4 rings (SSSR count). The van der Waals surface area contributed by atoms with Crippen LogP contribution in [0.4, 0.5) is 10.2 Å². The Morgan fingerprint density at radius 2 is 2.08 bits per heavy atom. The number of carbonyl (C=O) groups excluding carboxylic acids is 1. The fourth-order valence-corrected chi connectivity index (χ4v) is 4.17. The third-order valence-corrected chi connectivity index (χ3v) is 5.50. The smallest absolute Gasteiger partial charge is 0.267 e. The minimum absolute atomic E-state index is 0.0758. The maximum absolute atomic E-state index is 14.1. The highest BCUT2D eigenvalue weighted by atomic mass is 35.5. The van der Waals surface area contributed by atoms with Crippen LogP contribution >= 0.6 is 22.9 Å². The van der Waals surface area contributed by atoms with Crippen molar-refractivity contribution >= 4 is 34.7 Å². The number of anilines is 1. The number of thiophene rings is 1. The van der Waals surface area contributed by atoms with E-state index < -0.39 is 5.82 Å². The standard InChI is InChI=1S/C17H17ClFN3O3S/c18-11-8-12(19)16(20-9-11)21-2-1-3-22(5-4-21)17(23)15-14-13(10-26-15)24-6-7-25-14/h8-10H,1-7H2. The van der Waals surface area contributed by atoms with E-state index in [9.17, 15) is 9.18 Å². The second-order valence-corrected chi connectivity index (χ2v) is 7.36. The molecule has 0 bridgehead atoms. The van der Waals surface area contributed by atoms with Crippen molar-refractivity contribution < 1.29 is 18.7 Å². The molecular weight excluding hydrogens is 381 g/mol. The SMILES string of the molecule is O=C(c1scc2c1OCCO2)N1CCCN(c2ncc(Cl)cc2F)CC1. The lowest BCUT2D eigenvalue weighted by molar-refractivity contribution is 0.0763. The second kappa shape index (κ2) is 7.28. The normalized spacial score (nSPS) is 17.2. The van der Waals surface area contributed by atoms with Crippen molar-refractivity contribution in [3.63, 3.8) is 0 Å². The van der Waals surface area contributed by atoms with Crippen LogP contribution in [0.5, 0.6) is 11.5 Å². The van der Waals surface area contributed by atoms with E-state index in [2.05, 4.69) is 4.98 Å². The number of pyridine rings is 1. The van der Waals surface area contributed by atoms with Crippen molar-refractivity contribution in [3.8, 4) is 11.5 Å². The van der Waals surface area contributed by atoms with Gasteiger partial charge in [0.1, 0.15) is 18.1 Å². The van der Waals surface area contributed by atoms with Crippen LogP contribution in [-0.2, 0) is 0 Å². The Morgan fingerprint density at radius 1 is 1.23 bits per heavy atom. The van der Waals surface area contributed by atoms with Gasteiger partial charge in [0.05, 0.1) is 5.02 Å². The molecule has 1 fully saturated rings. The van der Waals surface area contributed by atoms with Gasteiger partial charge in [0.2, 0.25) is 0 Å². The number of hydrogen-bond acceptors (Lipinski definition) is 6. The molecule has 1 saturated heterocycles. The summed E-state index contributed by atoms with van der Waals surface area (Å²) in [6, 6.07) is 1.26. The fourth-order valence-electron chi connectivity index (χ4n) is 3.13. The Kier molecular flexibility index (Phi) is 4.86. The van der Waals surface area contributed by atoms with Gasteiger partial charge in [0, 0.05) is 37.8 Å². The maximum atomic E-state index is 14.1. The Bertz CT molecular complexity index is 832. The quantitative estimate of drug-likeness (QED) is 0.779. The molecule has 2 aromatic heterocycles. The summed E-state index contributed by atoms with van der Waals surface area (Å²) in [6.45, 7) is 3.14. The molecule has 6 nitrogen and oxygen atoms in total. The number of amides is 1. The molecule has 2 aromatic rings. The molecule has 0 N–H and O–H groups in total. The molecule has 4 heterocycles. The number of halogens is 2. The van der Waals surface area contributed by atoms with Gasteiger partial charge in [-0.05, 0) is 12.5 Å². The van der Waals surface area contributed by atoms with Crippen molar-refractivity contribution in [1.29, 1.82) is 0 Å². The molecule has 0 aliphatic carbocycles. The molecule has 0 spiro atoms. The number of nitrogens with zero attached hydrogens (tertiary/aromatic N) is 3. The van der Waals surface area contributed by atoms with Gasteiger partial charge in [-0.15, -0.1) is 11.3 Å². The largest absolute Gasteiger partial charge is 0.485 e. The average Bonchev–Trinajstić information content (AvgIpc) is 2.91. The first kappa shape index (κ1) is 17.4. The zero-order chi connectivity index (χ0) is 18.1. The lowest BCUT2D eigenvalue weighted by Crippen LogP contribution is -2.35. The van der Waals surface area contributed by atoms with Crippen LogP contribution in [0.1, 0.15) is 16.1 Å². The van der Waals surface area contributed by atoms with E-state index in [1.807, 2.05) is 4.90 Å². The molecule has 9 heteroatoms. The van der Waals surface area contributed by atoms with Crippen LogP contribution < -0.4 is 14.4 Å². The first-order chi connectivity index (χ1) is 12.6. The summed E-state index contributed by atoms with van der Waals surface area (Å²) < 4.78 is 25.3. The van der Waals surface area contributed by atoms with E-state index in [0.717, 1.165) is 6.42 Å². The van der Waals surface area contributed by atoms with E-state index in [4.69, 9.17) is 21.1 Å². The molecule has 138 valence electrons. The van der Waals surface area contributed by atoms with Gasteiger partial charge in [-0.2, -0.15) is 0 Å². The van der Waals surface area contributed by atoms with E-state index in [0.29, 0.717) is 55.8 Å². The van der Waals surface area contributed by atoms with E-state index in [1.165, 1.54) is 23.6 Å². The summed E-state index contributed by atoms with van der Waals surface area (Å²) in [5.41, 5.74) is 0. The third kappa shape index (κ3) is 3.31. The minimum Gasteiger partial charge on any atom is -0.485 e. The maximum Gasteiger partial charge on any atom is 0.267 e. The monoisotopic (exact) mass is 397 g/mol. The van der Waals surface area contributed by atoms with Gasteiger partial charge in [-0.3, -0.25) is 4.79 Å². The lowest BCUT2D eigenvalue weighted by Gasteiger charge is -2.23. The number of fused-ring (bicyclic) bond motifs is 1. The highest BCUT2D eigenvalue weighted by Crippen LogP contribution is 2.40. The predicted molar refractivity (Wildman–Crippen MR) is 97.2 cm³/mol. The molecule has 0 atom stereocenters. The fraction of sp³-hybridized carbons (Fsp3) is 0.412. The Morgan fingerprint density at radius 3 is 2.92 bits per heavy atom. The second-order valence-electron chi connectivity index (χ2n) is 6.05. The molecule has 0 unspecified atom stereocenters. The Balaban J connectivity index is 1.48. The van der Waals surface area contributed by atoms with Crippen LogP contribution in [0.25, 0.3) is 0 Å². The van der Waals surface area contributed by atoms with Gasteiger partial charge < -0.3 is 19.3 Å². The Hall–Kier alpha value is -2.06. The molecule has 0 radical (unpaired) electrons. The summed E-state index contributed by atoms with van der Waals surface area (Å²) in [4.78, 5) is 21.2. The zero-order valence-electron chi connectivity index (χ0n) is 13.9. The molecule has 0 aromatic carbocycles. The van der Waals surface area contributed by atoms with Crippen LogP contribution in [0.2, 0.25) is 5.02 Å². The van der Waals surface area contributed by atoms with E-state index >= 15 is 0 Å². The molecule has 1 amide bonds. The number of hydrogen-bond donors (Lipinski definition) is 0. The lowest BCUT2D eigenvalue weighted by atomic mass is 10.3. The molecule has 2 aliphatic heterocycles. The number of ether oxygens (including phenoxy) is 2. The van der Waals surface area contributed by atoms with Crippen molar-refractivity contribution in [2.24, 2.45) is 0 Å². The molecule has 2 aliphatic rings. The first-order valence-electron chi connectivity index (χ1n) is 8.36. The summed E-state index contributed by atoms with van der Waals surface area (Å²) in [5, 5.41) is 2.07. The van der Waals surface area contributed by atoms with E-state index in [1.54, 1.807) is 10.3 Å². The highest BCUT2D eigenvalue weighted by Gasteiger charge is 2.28. The number of rotatable bonds is 2. The third-order valence-electron chi connectivity index (χ3n) is 4.37. The van der Waals surface area contributed by atoms with Crippen molar-refractivity contribution in [1.82, 2.24) is 9.88 Å². The summed E-state index contributed by atoms with van der Waals surface area (Å²) >= 11 is 7.11. The zero-order valence-corrected chi connectivity index (χ0v) is 15.5. The average molecular weight is 398 g/mol. The Labute approximate surface area is 159 Å². The summed E-state index contributed by atoms with van der Waals surface area (Å²) in [5.74, 6) is 0.920. The van der Waals surface area contributed by atoms with Crippen LogP contribution in [0.15, 0.2) is 17.6 Å². The topological polar surface area (TPSA) is 54.9 Å². The molecular formula is C17H17ClFN3O3S. The van der Waals surface area contributed by atoms with Crippen molar-refractivity contribution in [2.75, 3.05) is 44.3 Å². The highest BCUT2D eigenvalue weighted by molar-refractivity contribution is 7.12. The van der Waals surface area contributed by atoms with Crippen molar-refractivity contribution in [2.45, 2.75) is 6.42 Å². The van der Waals surface area contributed by atoms with Crippen molar-refractivity contribution in [3.05, 3.63) is 33.4 Å². The first-order valence-corrected chi connectivity index (χ1v) is 9.61. The van der Waals surface area contributed by atoms with Crippen LogP contribution in [0, 0.1) is 5.82 Å². The van der Waals surface area contributed by atoms with Gasteiger partial charge in [-0.1, -0.05) is 11.6 Å². The van der Waals surface area contributed by atoms with Gasteiger partial charge in [-0.25, -0.2) is 9.37 Å². The molecule has 26 heavy (non-hydrogen) atoms. The van der Waals surface area contributed by atoms with Gasteiger partial charge in [0.15, 0.2) is 23.1 Å². The molecule has 0 saturated carbocycles. The van der Waals surface area contributed by atoms with E-state index in [-0.39, 0.29) is 16.7 Å². The minimum atomic E-state index is -0.449. The summed E-state index contributed by atoms with van der Waals surface area (Å²) in [7, 11) is 0. The predicted octanol–water partition coefficient (Wildman–Crippen LogP) is 3.06. The van der Waals surface area contributed by atoms with Crippen LogP contribution in [-0.4, -0.2) is 55.2 Å². The van der Waals surface area contributed by atoms with Gasteiger partial charge >= 0.3 is 0 Å². The summed E-state index contributed by atoms with van der Waals surface area (Å²) in [6.07, 6.45) is 2.16. The number of aromatic nitrogens is 1. The van der Waals surface area contributed by atoms with Crippen LogP contribution in [0.3, 0.4) is 0 Å².